The van der Waals surface area contributed by atoms with E-state index in [-0.39, 0.29) is 12.2 Å². The molecule has 10 heteroatoms. The minimum Gasteiger partial charge on any atom is -0.481 e. The highest BCUT2D eigenvalue weighted by atomic mass is 32.1. The average Bonchev–Trinajstić information content (AvgIpc) is 3.94. The predicted molar refractivity (Wildman–Crippen MR) is 210 cm³/mol. The van der Waals surface area contributed by atoms with Gasteiger partial charge in [-0.15, -0.1) is 56.7 Å². The summed E-state index contributed by atoms with van der Waals surface area (Å²) in [5.41, 5.74) is 17.9. The molecule has 5 heterocycles. The van der Waals surface area contributed by atoms with Crippen LogP contribution in [-0.2, 0) is 35.5 Å². The number of carbonyl (C=O) groups excluding carboxylic acids is 1. The Kier molecular flexibility index (Phi) is 9.89. The van der Waals surface area contributed by atoms with Crippen LogP contribution in [0.1, 0.15) is 29.2 Å². The Morgan fingerprint density at radius 3 is 1.31 bits per heavy atom. The Hall–Kier alpha value is -4.00. The zero-order chi connectivity index (χ0) is 34.1. The molecule has 0 radical (unpaired) electrons. The fraction of sp³-hybridized carbons (Fsp3) is 0.128. The number of Topliss-reactive ketones (excluding diaryl/α,β-unsaturated/α-hetero) is 1. The van der Waals surface area contributed by atoms with Crippen LogP contribution in [0.5, 0.6) is 0 Å². The van der Waals surface area contributed by atoms with Crippen LogP contribution in [0.15, 0.2) is 97.1 Å². The Morgan fingerprint density at radius 2 is 0.898 bits per heavy atom. The minimum atomic E-state index is -0.855. The summed E-state index contributed by atoms with van der Waals surface area (Å²) in [6.07, 6.45) is 0.313. The minimum absolute atomic E-state index is 0.0494. The lowest BCUT2D eigenvalue weighted by Gasteiger charge is -2.00. The third kappa shape index (κ3) is 7.32. The highest BCUT2D eigenvalue weighted by Crippen LogP contribution is 2.49. The first-order valence-electron chi connectivity index (χ1n) is 15.6. The van der Waals surface area contributed by atoms with Gasteiger partial charge in [0.2, 0.25) is 0 Å². The molecule has 0 saturated heterocycles. The van der Waals surface area contributed by atoms with Crippen molar-refractivity contribution in [3.05, 3.63) is 119 Å². The SMILES string of the molecule is CC(=O)Cc1cc(-c2ccc(-c3ccc(CN)cc3)s2)sc1-c1ccc(-c2sc(-c3ccc(-c4ccc(CN)cc4)s3)cc2CC(=O)O)s1. The van der Waals surface area contributed by atoms with E-state index in [1.165, 1.54) is 4.88 Å². The Balaban J connectivity index is 1.20. The first-order chi connectivity index (χ1) is 23.8. The smallest absolute Gasteiger partial charge is 0.307 e. The van der Waals surface area contributed by atoms with Crippen LogP contribution in [0, 0.1) is 0 Å². The van der Waals surface area contributed by atoms with Crippen molar-refractivity contribution in [1.82, 2.24) is 0 Å². The van der Waals surface area contributed by atoms with Gasteiger partial charge in [0.15, 0.2) is 0 Å². The number of aliphatic carboxylic acids is 1. The Labute approximate surface area is 304 Å². The summed E-state index contributed by atoms with van der Waals surface area (Å²) in [7, 11) is 0. The van der Waals surface area contributed by atoms with Crippen molar-refractivity contribution >= 4 is 68.4 Å². The van der Waals surface area contributed by atoms with Crippen LogP contribution >= 0.6 is 56.7 Å². The molecular weight excluding hydrogens is 705 g/mol. The van der Waals surface area contributed by atoms with Gasteiger partial charge in [0.1, 0.15) is 5.78 Å². The van der Waals surface area contributed by atoms with Gasteiger partial charge in [-0.05, 0) is 88.8 Å². The quantitative estimate of drug-likeness (QED) is 0.116. The topological polar surface area (TPSA) is 106 Å². The summed E-state index contributed by atoms with van der Waals surface area (Å²) in [5, 5.41) is 9.79. The van der Waals surface area contributed by atoms with E-state index in [1.807, 2.05) is 6.07 Å². The second-order valence-corrected chi connectivity index (χ2v) is 17.0. The largest absolute Gasteiger partial charge is 0.481 e. The molecule has 0 atom stereocenters. The lowest BCUT2D eigenvalue weighted by Crippen LogP contribution is -1.99. The van der Waals surface area contributed by atoms with Gasteiger partial charge >= 0.3 is 5.97 Å². The standard InChI is InChI=1S/C39H32N2O3S5/c1-22(42)16-27-17-35(31-12-10-29(45-31)25-6-2-23(20-40)3-7-25)48-38(27)33-14-15-34(47-33)39-28(19-37(43)44)18-36(49-39)32-13-11-30(46-32)26-8-4-24(21-41)5-9-26/h2-15,17-18H,16,19-21,40-41H2,1H3,(H,43,44). The van der Waals surface area contributed by atoms with E-state index in [4.69, 9.17) is 11.5 Å². The molecule has 7 aromatic rings. The van der Waals surface area contributed by atoms with Crippen molar-refractivity contribution in [3.8, 4) is 59.9 Å². The molecule has 2 aromatic carbocycles. The monoisotopic (exact) mass is 736 g/mol. The van der Waals surface area contributed by atoms with Gasteiger partial charge in [-0.3, -0.25) is 9.59 Å². The zero-order valence-electron chi connectivity index (χ0n) is 26.5. The third-order valence-corrected chi connectivity index (χ3v) is 14.6. The Bertz CT molecular complexity index is 2110. The molecule has 0 saturated carbocycles. The van der Waals surface area contributed by atoms with Gasteiger partial charge in [0.25, 0.3) is 0 Å². The average molecular weight is 737 g/mol. The predicted octanol–water partition coefficient (Wildman–Crippen LogP) is 10.7. The van der Waals surface area contributed by atoms with E-state index in [0.717, 1.165) is 77.3 Å². The molecule has 49 heavy (non-hydrogen) atoms. The van der Waals surface area contributed by atoms with Crippen LogP contribution in [-0.4, -0.2) is 16.9 Å². The number of carboxylic acid groups (broad SMARTS) is 1. The van der Waals surface area contributed by atoms with Crippen molar-refractivity contribution in [1.29, 1.82) is 0 Å². The normalized spacial score (nSPS) is 11.3. The van der Waals surface area contributed by atoms with Crippen molar-refractivity contribution in [2.45, 2.75) is 32.9 Å². The van der Waals surface area contributed by atoms with Crippen molar-refractivity contribution in [3.63, 3.8) is 0 Å². The second kappa shape index (κ2) is 14.5. The molecule has 0 aliphatic rings. The fourth-order valence-electron chi connectivity index (χ4n) is 5.65. The number of hydrogen-bond donors (Lipinski definition) is 3. The number of carbonyl (C=O) groups is 2. The van der Waals surface area contributed by atoms with Gasteiger partial charge in [-0.2, -0.15) is 0 Å². The molecule has 0 spiro atoms. The summed E-state index contributed by atoms with van der Waals surface area (Å²) in [6.45, 7) is 2.66. The van der Waals surface area contributed by atoms with Crippen LogP contribution in [0.4, 0.5) is 0 Å². The summed E-state index contributed by atoms with van der Waals surface area (Å²) in [5.74, 6) is -0.738. The highest BCUT2D eigenvalue weighted by Gasteiger charge is 2.21. The summed E-state index contributed by atoms with van der Waals surface area (Å²) in [4.78, 5) is 35.3. The maximum atomic E-state index is 12.4. The number of thiophene rings is 5. The van der Waals surface area contributed by atoms with Crippen LogP contribution in [0.2, 0.25) is 0 Å². The number of carboxylic acids is 1. The summed E-state index contributed by atoms with van der Waals surface area (Å²) < 4.78 is 0. The third-order valence-electron chi connectivity index (χ3n) is 8.10. The first kappa shape index (κ1) is 33.5. The Morgan fingerprint density at radius 1 is 0.510 bits per heavy atom. The molecule has 0 aliphatic carbocycles. The van der Waals surface area contributed by atoms with Gasteiger partial charge in [0, 0.05) is 68.3 Å². The maximum absolute atomic E-state index is 12.4. The van der Waals surface area contributed by atoms with E-state index in [2.05, 4.69) is 91.0 Å². The van der Waals surface area contributed by atoms with Gasteiger partial charge < -0.3 is 16.6 Å². The lowest BCUT2D eigenvalue weighted by atomic mass is 10.1. The lowest BCUT2D eigenvalue weighted by molar-refractivity contribution is -0.136. The molecule has 0 amide bonds. The van der Waals surface area contributed by atoms with E-state index < -0.39 is 5.97 Å². The van der Waals surface area contributed by atoms with E-state index in [1.54, 1.807) is 63.6 Å². The molecular formula is C39H32N2O3S5. The number of nitrogens with two attached hydrogens (primary N) is 2. The van der Waals surface area contributed by atoms with Crippen molar-refractivity contribution in [2.75, 3.05) is 0 Å². The molecule has 0 aliphatic heterocycles. The molecule has 5 aromatic heterocycles. The van der Waals surface area contributed by atoms with E-state index in [9.17, 15) is 14.7 Å². The van der Waals surface area contributed by atoms with Gasteiger partial charge in [-0.25, -0.2) is 0 Å². The summed E-state index contributed by atoms with van der Waals surface area (Å²) in [6, 6.07) is 33.6. The van der Waals surface area contributed by atoms with Gasteiger partial charge in [-0.1, -0.05) is 48.5 Å². The highest BCUT2D eigenvalue weighted by molar-refractivity contribution is 7.30. The zero-order valence-corrected chi connectivity index (χ0v) is 30.6. The fourth-order valence-corrected chi connectivity index (χ4v) is 11.5. The van der Waals surface area contributed by atoms with E-state index in [0.29, 0.717) is 19.5 Å². The van der Waals surface area contributed by atoms with Crippen LogP contribution < -0.4 is 11.5 Å². The molecule has 0 bridgehead atoms. The molecule has 7 rings (SSSR count). The van der Waals surface area contributed by atoms with Crippen LogP contribution in [0.25, 0.3) is 59.9 Å². The summed E-state index contributed by atoms with van der Waals surface area (Å²) >= 11 is 8.44. The molecule has 0 fully saturated rings. The number of ketones is 1. The van der Waals surface area contributed by atoms with Crippen LogP contribution in [0.3, 0.4) is 0 Å². The van der Waals surface area contributed by atoms with Gasteiger partial charge in [0.05, 0.1) is 6.42 Å². The maximum Gasteiger partial charge on any atom is 0.307 e. The van der Waals surface area contributed by atoms with Crippen molar-refractivity contribution in [2.24, 2.45) is 11.5 Å². The molecule has 5 N–H and O–H groups in total. The van der Waals surface area contributed by atoms with Crippen molar-refractivity contribution < 1.29 is 14.7 Å². The number of benzene rings is 2. The number of hydrogen-bond acceptors (Lipinski definition) is 9. The molecule has 5 nitrogen and oxygen atoms in total. The molecule has 0 unspecified atom stereocenters. The van der Waals surface area contributed by atoms with E-state index >= 15 is 0 Å². The molecule has 246 valence electrons. The number of rotatable bonds is 12. The second-order valence-electron chi connectivity index (χ2n) is 11.7. The first-order valence-corrected chi connectivity index (χ1v) is 19.7.